The first kappa shape index (κ1) is 24.9. The Morgan fingerprint density at radius 3 is 2.56 bits per heavy atom. The summed E-state index contributed by atoms with van der Waals surface area (Å²) >= 11 is 1.04. The van der Waals surface area contributed by atoms with E-state index < -0.39 is 28.8 Å². The van der Waals surface area contributed by atoms with Gasteiger partial charge in [0.1, 0.15) is 23.2 Å². The average Bonchev–Trinajstić information content (AvgIpc) is 3.22. The zero-order chi connectivity index (χ0) is 25.7. The number of hydrogen-bond donors (Lipinski definition) is 3. The van der Waals surface area contributed by atoms with Crippen LogP contribution in [-0.4, -0.2) is 43.0 Å². The van der Waals surface area contributed by atoms with Crippen LogP contribution in [0.2, 0.25) is 0 Å². The molecule has 0 unspecified atom stereocenters. The van der Waals surface area contributed by atoms with Crippen LogP contribution < -0.4 is 21.3 Å². The number of carbonyl (C=O) groups is 1. The molecule has 0 radical (unpaired) electrons. The van der Waals surface area contributed by atoms with Crippen molar-refractivity contribution >= 4 is 23.4 Å². The average molecular weight is 515 g/mol. The lowest BCUT2D eigenvalue weighted by atomic mass is 10.2. The normalized spacial score (nSPS) is 10.9. The third kappa shape index (κ3) is 6.05. The van der Waals surface area contributed by atoms with Gasteiger partial charge in [-0.1, -0.05) is 11.8 Å². The summed E-state index contributed by atoms with van der Waals surface area (Å²) in [4.78, 5) is 40.4. The minimum atomic E-state index is -0.889. The van der Waals surface area contributed by atoms with E-state index in [2.05, 4.69) is 25.5 Å². The van der Waals surface area contributed by atoms with Crippen molar-refractivity contribution < 1.29 is 18.3 Å². The van der Waals surface area contributed by atoms with E-state index in [1.54, 1.807) is 28.8 Å². The van der Waals surface area contributed by atoms with Gasteiger partial charge in [-0.3, -0.25) is 19.1 Å². The van der Waals surface area contributed by atoms with Gasteiger partial charge >= 0.3 is 5.69 Å². The third-order valence-electron chi connectivity index (χ3n) is 4.81. The van der Waals surface area contributed by atoms with Crippen molar-refractivity contribution in [3.63, 3.8) is 0 Å². The number of nitrogens with one attached hydrogen (secondary N) is 3. The molecule has 13 heteroatoms. The molecule has 186 valence electrons. The lowest BCUT2D eigenvalue weighted by Gasteiger charge is -2.12. The molecule has 2 heterocycles. The van der Waals surface area contributed by atoms with Gasteiger partial charge in [-0.2, -0.15) is 0 Å². The van der Waals surface area contributed by atoms with Gasteiger partial charge in [-0.05, 0) is 43.3 Å². The largest absolute Gasteiger partial charge is 0.494 e. The standard InChI is InChI=1S/C23H20F2N6O4S/c1-2-35-16-6-4-15(5-7-16)31-19(10-14-11-20(32)28-22(34)26-14)29-30-23(31)36-12-21(33)27-18-8-3-13(24)9-17(18)25/h3-9,11H,2,10,12H2,1H3,(H,27,33)(H2,26,28,32,34). The van der Waals surface area contributed by atoms with E-state index >= 15 is 0 Å². The van der Waals surface area contributed by atoms with Crippen molar-refractivity contribution in [3.8, 4) is 11.4 Å². The second-order valence-electron chi connectivity index (χ2n) is 7.41. The fraction of sp³-hybridized carbons (Fsp3) is 0.174. The lowest BCUT2D eigenvalue weighted by molar-refractivity contribution is -0.113. The van der Waals surface area contributed by atoms with Crippen LogP contribution in [0.5, 0.6) is 5.75 Å². The number of benzene rings is 2. The monoisotopic (exact) mass is 514 g/mol. The first-order chi connectivity index (χ1) is 17.3. The van der Waals surface area contributed by atoms with Gasteiger partial charge in [0.05, 0.1) is 18.0 Å². The Labute approximate surface area is 206 Å². The van der Waals surface area contributed by atoms with E-state index in [9.17, 15) is 23.2 Å². The summed E-state index contributed by atoms with van der Waals surface area (Å²) in [5.41, 5.74) is -0.374. The number of anilines is 1. The van der Waals surface area contributed by atoms with Crippen molar-refractivity contribution in [3.05, 3.63) is 92.5 Å². The van der Waals surface area contributed by atoms with Crippen molar-refractivity contribution in [2.45, 2.75) is 18.5 Å². The van der Waals surface area contributed by atoms with Gasteiger partial charge < -0.3 is 15.0 Å². The molecule has 4 rings (SSSR count). The van der Waals surface area contributed by atoms with E-state index in [-0.39, 0.29) is 17.9 Å². The summed E-state index contributed by atoms with van der Waals surface area (Å²) in [5.74, 6) is -1.27. The summed E-state index contributed by atoms with van der Waals surface area (Å²) < 4.78 is 34.1. The number of amides is 1. The number of aromatic amines is 2. The second-order valence-corrected chi connectivity index (χ2v) is 8.35. The molecule has 0 aliphatic heterocycles. The number of halogens is 2. The van der Waals surface area contributed by atoms with Crippen LogP contribution >= 0.6 is 11.8 Å². The molecular weight excluding hydrogens is 494 g/mol. The summed E-state index contributed by atoms with van der Waals surface area (Å²) in [5, 5.41) is 11.1. The molecule has 4 aromatic rings. The predicted molar refractivity (Wildman–Crippen MR) is 129 cm³/mol. The number of hydrogen-bond acceptors (Lipinski definition) is 7. The molecule has 3 N–H and O–H groups in total. The van der Waals surface area contributed by atoms with Gasteiger partial charge in [0.15, 0.2) is 5.16 Å². The molecule has 0 aliphatic carbocycles. The molecule has 2 aromatic heterocycles. The topological polar surface area (TPSA) is 135 Å². The van der Waals surface area contributed by atoms with E-state index in [0.29, 0.717) is 40.8 Å². The molecule has 0 atom stereocenters. The highest BCUT2D eigenvalue weighted by atomic mass is 32.2. The first-order valence-electron chi connectivity index (χ1n) is 10.7. The Balaban J connectivity index is 1.59. The van der Waals surface area contributed by atoms with Crippen LogP contribution in [0.15, 0.2) is 63.3 Å². The SMILES string of the molecule is CCOc1ccc(-n2c(Cc3cc(=O)[nH]c(=O)[nH]3)nnc2SCC(=O)Nc2ccc(F)cc2F)cc1. The molecule has 10 nitrogen and oxygen atoms in total. The molecule has 0 aliphatic rings. The lowest BCUT2D eigenvalue weighted by Crippen LogP contribution is -2.23. The van der Waals surface area contributed by atoms with Crippen LogP contribution in [0.25, 0.3) is 5.69 Å². The maximum absolute atomic E-state index is 13.9. The Bertz CT molecular complexity index is 1470. The molecule has 0 saturated heterocycles. The van der Waals surface area contributed by atoms with E-state index in [4.69, 9.17) is 4.74 Å². The molecule has 0 bridgehead atoms. The van der Waals surface area contributed by atoms with E-state index in [1.165, 1.54) is 6.07 Å². The highest BCUT2D eigenvalue weighted by molar-refractivity contribution is 7.99. The number of thioether (sulfide) groups is 1. The Morgan fingerprint density at radius 2 is 1.86 bits per heavy atom. The predicted octanol–water partition coefficient (Wildman–Crippen LogP) is 2.64. The summed E-state index contributed by atoms with van der Waals surface area (Å²) in [6.45, 7) is 2.36. The van der Waals surface area contributed by atoms with Gasteiger partial charge in [-0.25, -0.2) is 13.6 Å². The van der Waals surface area contributed by atoms with Gasteiger partial charge in [-0.15, -0.1) is 10.2 Å². The quantitative estimate of drug-likeness (QED) is 0.292. The van der Waals surface area contributed by atoms with Crippen LogP contribution in [0.3, 0.4) is 0 Å². The van der Waals surface area contributed by atoms with Crippen LogP contribution in [0, 0.1) is 11.6 Å². The molecule has 0 saturated carbocycles. The van der Waals surface area contributed by atoms with Crippen LogP contribution in [0.1, 0.15) is 18.4 Å². The molecule has 2 aromatic carbocycles. The summed E-state index contributed by atoms with van der Waals surface area (Å²) in [6.07, 6.45) is 0.0763. The molecule has 1 amide bonds. The summed E-state index contributed by atoms with van der Waals surface area (Å²) in [6, 6.07) is 11.2. The number of rotatable bonds is 9. The number of carbonyl (C=O) groups excluding carboxylic acids is 1. The van der Waals surface area contributed by atoms with Crippen LogP contribution in [0.4, 0.5) is 14.5 Å². The zero-order valence-electron chi connectivity index (χ0n) is 18.9. The smallest absolute Gasteiger partial charge is 0.325 e. The number of ether oxygens (including phenoxy) is 1. The van der Waals surface area contributed by atoms with Crippen LogP contribution in [-0.2, 0) is 11.2 Å². The van der Waals surface area contributed by atoms with Crippen molar-refractivity contribution in [1.29, 1.82) is 0 Å². The molecule has 0 spiro atoms. The van der Waals surface area contributed by atoms with E-state index in [1.807, 2.05) is 6.92 Å². The highest BCUT2D eigenvalue weighted by Gasteiger charge is 2.18. The van der Waals surface area contributed by atoms with Crippen molar-refractivity contribution in [2.75, 3.05) is 17.7 Å². The van der Waals surface area contributed by atoms with Gasteiger partial charge in [0, 0.05) is 29.9 Å². The molecular formula is C23H20F2N6O4S. The Hall–Kier alpha value is -4.26. The second kappa shape index (κ2) is 11.0. The van der Waals surface area contributed by atoms with E-state index in [0.717, 1.165) is 23.9 Å². The fourth-order valence-electron chi connectivity index (χ4n) is 3.32. The minimum Gasteiger partial charge on any atom is -0.494 e. The molecule has 36 heavy (non-hydrogen) atoms. The zero-order valence-corrected chi connectivity index (χ0v) is 19.7. The maximum atomic E-state index is 13.9. The highest BCUT2D eigenvalue weighted by Crippen LogP contribution is 2.25. The third-order valence-corrected chi connectivity index (χ3v) is 5.74. The first-order valence-corrected chi connectivity index (χ1v) is 11.7. The van der Waals surface area contributed by atoms with Crippen molar-refractivity contribution in [1.82, 2.24) is 24.7 Å². The molecule has 0 fully saturated rings. The minimum absolute atomic E-state index is 0.0763. The Kier molecular flexibility index (Phi) is 7.59. The van der Waals surface area contributed by atoms with Crippen molar-refractivity contribution in [2.24, 2.45) is 0 Å². The number of H-pyrrole nitrogens is 2. The van der Waals surface area contributed by atoms with Gasteiger partial charge in [0.2, 0.25) is 5.91 Å². The number of nitrogens with zero attached hydrogens (tertiary/aromatic N) is 3. The fourth-order valence-corrected chi connectivity index (χ4v) is 4.09. The Morgan fingerprint density at radius 1 is 1.08 bits per heavy atom. The number of aromatic nitrogens is 5. The van der Waals surface area contributed by atoms with Gasteiger partial charge in [0.25, 0.3) is 5.56 Å². The summed E-state index contributed by atoms with van der Waals surface area (Å²) in [7, 11) is 0. The maximum Gasteiger partial charge on any atom is 0.325 e.